The lowest BCUT2D eigenvalue weighted by atomic mass is 10.1. The van der Waals surface area contributed by atoms with E-state index in [0.29, 0.717) is 17.7 Å². The molecule has 190 valence electrons. The molecule has 0 spiro atoms. The predicted octanol–water partition coefficient (Wildman–Crippen LogP) is 1.06. The Bertz CT molecular complexity index is 828. The maximum Gasteiger partial charge on any atom is 0.407 e. The molecule has 0 heterocycles. The Kier molecular flexibility index (Phi) is 11.9. The largest absolute Gasteiger partial charge is 0.444 e. The summed E-state index contributed by atoms with van der Waals surface area (Å²) in [6.07, 6.45) is -0.175. The van der Waals surface area contributed by atoms with E-state index in [2.05, 4.69) is 16.0 Å². The van der Waals surface area contributed by atoms with Crippen molar-refractivity contribution in [3.63, 3.8) is 0 Å². The summed E-state index contributed by atoms with van der Waals surface area (Å²) >= 11 is 1.49. The van der Waals surface area contributed by atoms with Crippen LogP contribution in [0.4, 0.5) is 4.79 Å². The van der Waals surface area contributed by atoms with Crippen LogP contribution in [0.25, 0.3) is 0 Å². The number of likely N-dealkylation sites (N-methyl/N-ethyl adjacent to an activating group) is 1. The second kappa shape index (κ2) is 13.8. The number of ether oxygens (including phenoxy) is 1. The molecule has 1 aromatic carbocycles. The van der Waals surface area contributed by atoms with Crippen LogP contribution >= 0.6 is 11.8 Å². The fourth-order valence-electron chi connectivity index (χ4n) is 2.87. The van der Waals surface area contributed by atoms with Crippen LogP contribution < -0.4 is 16.0 Å². The molecule has 0 aliphatic rings. The van der Waals surface area contributed by atoms with Crippen molar-refractivity contribution < 1.29 is 29.0 Å². The van der Waals surface area contributed by atoms with Gasteiger partial charge in [0.25, 0.3) is 5.91 Å². The lowest BCUT2D eigenvalue weighted by molar-refractivity contribution is -0.135. The van der Waals surface area contributed by atoms with Gasteiger partial charge in [0.2, 0.25) is 11.8 Å². The Morgan fingerprint density at radius 3 is 2.24 bits per heavy atom. The van der Waals surface area contributed by atoms with Gasteiger partial charge in [0.05, 0.1) is 12.6 Å². The van der Waals surface area contributed by atoms with E-state index in [0.717, 1.165) is 0 Å². The molecule has 4 N–H and O–H groups in total. The molecule has 0 radical (unpaired) electrons. The third-order valence-corrected chi connectivity index (χ3v) is 5.18. The predicted molar refractivity (Wildman–Crippen MR) is 131 cm³/mol. The third-order valence-electron chi connectivity index (χ3n) is 4.53. The molecule has 0 aromatic heterocycles. The lowest BCUT2D eigenvalue weighted by Crippen LogP contribution is -2.53. The standard InChI is InChI=1S/C23H36N4O6S/c1-23(2,3)33-22(32)25-16(12-13-34-6)19(29)20(30)24-14-17(28)26-18(21(31)27(4)5)15-10-8-7-9-11-15/h7-11,16,18-19,29H,12-14H2,1-6H3,(H,24,30)(H,25,32)(H,26,28)/t16?,18-,19?/m0/s1. The molecule has 2 unspecified atom stereocenters. The summed E-state index contributed by atoms with van der Waals surface area (Å²) in [6.45, 7) is 4.65. The maximum absolute atomic E-state index is 12.5. The molecule has 0 fully saturated rings. The van der Waals surface area contributed by atoms with Crippen molar-refractivity contribution in [1.29, 1.82) is 0 Å². The number of carbonyl (C=O) groups is 4. The van der Waals surface area contributed by atoms with Crippen molar-refractivity contribution in [2.75, 3.05) is 32.6 Å². The number of carbonyl (C=O) groups excluding carboxylic acids is 4. The Morgan fingerprint density at radius 2 is 1.71 bits per heavy atom. The number of thioether (sulfide) groups is 1. The van der Waals surface area contributed by atoms with E-state index in [9.17, 15) is 24.3 Å². The second-order valence-electron chi connectivity index (χ2n) is 8.84. The molecule has 10 nitrogen and oxygen atoms in total. The zero-order valence-electron chi connectivity index (χ0n) is 20.6. The quantitative estimate of drug-likeness (QED) is 0.359. The van der Waals surface area contributed by atoms with Gasteiger partial charge >= 0.3 is 6.09 Å². The summed E-state index contributed by atoms with van der Waals surface area (Å²) in [7, 11) is 3.16. The van der Waals surface area contributed by atoms with Crippen LogP contribution in [0.5, 0.6) is 0 Å². The van der Waals surface area contributed by atoms with E-state index in [-0.39, 0.29) is 5.91 Å². The fourth-order valence-corrected chi connectivity index (χ4v) is 3.36. The summed E-state index contributed by atoms with van der Waals surface area (Å²) in [5, 5.41) is 18.0. The second-order valence-corrected chi connectivity index (χ2v) is 9.83. The first-order valence-electron chi connectivity index (χ1n) is 10.9. The van der Waals surface area contributed by atoms with Crippen LogP contribution in [-0.4, -0.2) is 84.2 Å². The Labute approximate surface area is 205 Å². The molecule has 1 aromatic rings. The van der Waals surface area contributed by atoms with E-state index >= 15 is 0 Å². The summed E-state index contributed by atoms with van der Waals surface area (Å²) in [5.41, 5.74) is -0.141. The van der Waals surface area contributed by atoms with Gasteiger partial charge in [-0.15, -0.1) is 0 Å². The molecule has 0 bridgehead atoms. The van der Waals surface area contributed by atoms with Gasteiger partial charge in [-0.1, -0.05) is 30.3 Å². The van der Waals surface area contributed by atoms with E-state index < -0.39 is 48.2 Å². The van der Waals surface area contributed by atoms with Crippen LogP contribution in [0.1, 0.15) is 38.8 Å². The van der Waals surface area contributed by atoms with Crippen molar-refractivity contribution in [2.45, 2.75) is 51.0 Å². The highest BCUT2D eigenvalue weighted by Gasteiger charge is 2.30. The molecule has 0 aliphatic carbocycles. The minimum Gasteiger partial charge on any atom is -0.444 e. The van der Waals surface area contributed by atoms with Crippen LogP contribution in [0.3, 0.4) is 0 Å². The first-order chi connectivity index (χ1) is 15.9. The Balaban J connectivity index is 2.77. The normalized spacial score (nSPS) is 13.7. The van der Waals surface area contributed by atoms with Gasteiger partial charge in [-0.05, 0) is 44.8 Å². The van der Waals surface area contributed by atoms with E-state index in [1.807, 2.05) is 6.26 Å². The maximum atomic E-state index is 12.5. The van der Waals surface area contributed by atoms with Gasteiger partial charge in [0.15, 0.2) is 6.10 Å². The molecule has 0 saturated carbocycles. The van der Waals surface area contributed by atoms with Crippen molar-refractivity contribution in [1.82, 2.24) is 20.9 Å². The number of nitrogens with one attached hydrogen (secondary N) is 3. The number of alkyl carbamates (subject to hydrolysis) is 1. The number of benzene rings is 1. The molecule has 3 atom stereocenters. The molecule has 4 amide bonds. The highest BCUT2D eigenvalue weighted by atomic mass is 32.2. The molecule has 0 saturated heterocycles. The van der Waals surface area contributed by atoms with Crippen LogP contribution in [0.2, 0.25) is 0 Å². The average Bonchev–Trinajstić information content (AvgIpc) is 2.76. The summed E-state index contributed by atoms with van der Waals surface area (Å²) in [6, 6.07) is 6.90. The minimum atomic E-state index is -1.60. The highest BCUT2D eigenvalue weighted by molar-refractivity contribution is 7.98. The fraction of sp³-hybridized carbons (Fsp3) is 0.565. The zero-order valence-corrected chi connectivity index (χ0v) is 21.4. The van der Waals surface area contributed by atoms with Gasteiger partial charge in [0, 0.05) is 14.1 Å². The van der Waals surface area contributed by atoms with Gasteiger partial charge < -0.3 is 30.7 Å². The molecular formula is C23H36N4O6S. The molecule has 1 rings (SSSR count). The van der Waals surface area contributed by atoms with E-state index in [1.165, 1.54) is 16.7 Å². The first-order valence-corrected chi connectivity index (χ1v) is 12.2. The molecule has 34 heavy (non-hydrogen) atoms. The number of rotatable bonds is 11. The number of hydrogen-bond donors (Lipinski definition) is 4. The zero-order chi connectivity index (χ0) is 25.9. The summed E-state index contributed by atoms with van der Waals surface area (Å²) in [4.78, 5) is 51.0. The number of aliphatic hydroxyl groups is 1. The van der Waals surface area contributed by atoms with Gasteiger partial charge in [0.1, 0.15) is 11.6 Å². The molecular weight excluding hydrogens is 460 g/mol. The van der Waals surface area contributed by atoms with Gasteiger partial charge in [-0.25, -0.2) is 4.79 Å². The smallest absolute Gasteiger partial charge is 0.407 e. The number of nitrogens with zero attached hydrogens (tertiary/aromatic N) is 1. The SMILES string of the molecule is CSCCC(NC(=O)OC(C)(C)C)C(O)C(=O)NCC(=O)N[C@H](C(=O)N(C)C)c1ccccc1. The highest BCUT2D eigenvalue weighted by Crippen LogP contribution is 2.15. The number of amides is 4. The number of hydrogen-bond acceptors (Lipinski definition) is 7. The van der Waals surface area contributed by atoms with Crippen molar-refractivity contribution in [3.05, 3.63) is 35.9 Å². The summed E-state index contributed by atoms with van der Waals surface area (Å²) < 4.78 is 5.20. The van der Waals surface area contributed by atoms with Crippen molar-refractivity contribution >= 4 is 35.6 Å². The Hall–Kier alpha value is -2.79. The van der Waals surface area contributed by atoms with Crippen LogP contribution in [-0.2, 0) is 19.1 Å². The van der Waals surface area contributed by atoms with Crippen molar-refractivity contribution in [2.24, 2.45) is 0 Å². The summed E-state index contributed by atoms with van der Waals surface area (Å²) in [5.74, 6) is -1.18. The van der Waals surface area contributed by atoms with Gasteiger partial charge in [-0.3, -0.25) is 14.4 Å². The minimum absolute atomic E-state index is 0.314. The monoisotopic (exact) mass is 496 g/mol. The van der Waals surface area contributed by atoms with Gasteiger partial charge in [-0.2, -0.15) is 11.8 Å². The average molecular weight is 497 g/mol. The molecule has 0 aliphatic heterocycles. The molecule has 11 heteroatoms. The topological polar surface area (TPSA) is 137 Å². The first kappa shape index (κ1) is 29.2. The Morgan fingerprint density at radius 1 is 1.09 bits per heavy atom. The van der Waals surface area contributed by atoms with Crippen molar-refractivity contribution in [3.8, 4) is 0 Å². The van der Waals surface area contributed by atoms with Crippen LogP contribution in [0.15, 0.2) is 30.3 Å². The number of aliphatic hydroxyl groups excluding tert-OH is 1. The lowest BCUT2D eigenvalue weighted by Gasteiger charge is -2.26. The third kappa shape index (κ3) is 10.4. The van der Waals surface area contributed by atoms with E-state index in [1.54, 1.807) is 65.2 Å². The van der Waals surface area contributed by atoms with E-state index in [4.69, 9.17) is 4.74 Å². The van der Waals surface area contributed by atoms with Crippen LogP contribution in [0, 0.1) is 0 Å².